The molecule has 0 N–H and O–H groups in total. The van der Waals surface area contributed by atoms with E-state index in [0.717, 1.165) is 34.3 Å². The Kier molecular flexibility index (Phi) is 7.49. The largest absolute Gasteiger partial charge is 0.493 e. The fourth-order valence-electron chi connectivity index (χ4n) is 3.60. The molecular weight excluding hydrogens is 472 g/mol. The molecule has 0 spiro atoms. The second-order valence-electron chi connectivity index (χ2n) is 7.66. The Labute approximate surface area is 207 Å². The number of rotatable bonds is 9. The zero-order valence-corrected chi connectivity index (χ0v) is 20.8. The molecule has 0 aliphatic heterocycles. The van der Waals surface area contributed by atoms with Crippen LogP contribution in [-0.4, -0.2) is 41.2 Å². The van der Waals surface area contributed by atoms with Gasteiger partial charge in [0.25, 0.3) is 5.91 Å². The van der Waals surface area contributed by atoms with Crippen LogP contribution in [-0.2, 0) is 11.3 Å². The molecule has 9 heteroatoms. The Hall–Kier alpha value is -3.36. The first kappa shape index (κ1) is 23.8. The number of methoxy groups -OCH3 is 2. The smallest absolute Gasteiger partial charge is 0.252 e. The molecule has 2 aromatic heterocycles. The second-order valence-corrected chi connectivity index (χ2v) is 9.10. The van der Waals surface area contributed by atoms with Gasteiger partial charge in [-0.25, -0.2) is 9.97 Å². The molecule has 2 heterocycles. The number of ether oxygens (including phenoxy) is 2. The third-order valence-corrected chi connectivity index (χ3v) is 6.56. The zero-order chi connectivity index (χ0) is 24.1. The van der Waals surface area contributed by atoms with E-state index in [1.54, 1.807) is 43.8 Å². The van der Waals surface area contributed by atoms with Gasteiger partial charge < -0.3 is 14.0 Å². The van der Waals surface area contributed by atoms with Crippen molar-refractivity contribution in [1.82, 2.24) is 14.5 Å². The van der Waals surface area contributed by atoms with Crippen molar-refractivity contribution in [2.24, 2.45) is 0 Å². The molecule has 0 aliphatic carbocycles. The Morgan fingerprint density at radius 1 is 1.21 bits per heavy atom. The minimum Gasteiger partial charge on any atom is -0.493 e. The number of halogens is 1. The predicted molar refractivity (Wildman–Crippen MR) is 137 cm³/mol. The van der Waals surface area contributed by atoms with E-state index in [1.807, 2.05) is 48.0 Å². The minimum atomic E-state index is -0.150. The summed E-state index contributed by atoms with van der Waals surface area (Å²) in [6.07, 6.45) is 9.50. The van der Waals surface area contributed by atoms with E-state index in [9.17, 15) is 4.79 Å². The van der Waals surface area contributed by atoms with Crippen molar-refractivity contribution in [2.75, 3.05) is 25.7 Å². The number of nitrogens with zero attached hydrogens (tertiary/aromatic N) is 4. The molecular formula is C25H25ClN4O3S. The molecule has 4 rings (SSSR count). The fourth-order valence-corrected chi connectivity index (χ4v) is 5.05. The number of imidazole rings is 1. The number of hydrogen-bond donors (Lipinski definition) is 0. The van der Waals surface area contributed by atoms with E-state index in [1.165, 1.54) is 11.3 Å². The molecule has 0 aliphatic rings. The van der Waals surface area contributed by atoms with Crippen LogP contribution in [0.3, 0.4) is 0 Å². The van der Waals surface area contributed by atoms with Crippen molar-refractivity contribution in [3.05, 3.63) is 71.3 Å². The van der Waals surface area contributed by atoms with E-state index in [4.69, 9.17) is 26.1 Å². The van der Waals surface area contributed by atoms with Crippen molar-refractivity contribution in [3.8, 4) is 11.5 Å². The Bertz CT molecular complexity index is 1320. The van der Waals surface area contributed by atoms with Crippen LogP contribution in [0.2, 0.25) is 5.02 Å². The number of aromatic nitrogens is 3. The molecule has 176 valence electrons. The van der Waals surface area contributed by atoms with Gasteiger partial charge in [-0.1, -0.05) is 29.0 Å². The highest BCUT2D eigenvalue weighted by Gasteiger charge is 2.19. The van der Waals surface area contributed by atoms with Gasteiger partial charge >= 0.3 is 0 Å². The minimum absolute atomic E-state index is 0.150. The maximum Gasteiger partial charge on any atom is 0.252 e. The van der Waals surface area contributed by atoms with Crippen molar-refractivity contribution in [1.29, 1.82) is 0 Å². The fraction of sp³-hybridized carbons (Fsp3) is 0.240. The van der Waals surface area contributed by atoms with Gasteiger partial charge in [0.2, 0.25) is 0 Å². The maximum atomic E-state index is 13.3. The highest BCUT2D eigenvalue weighted by atomic mass is 35.5. The van der Waals surface area contributed by atoms with Crippen molar-refractivity contribution >= 4 is 50.3 Å². The van der Waals surface area contributed by atoms with E-state index >= 15 is 0 Å². The lowest BCUT2D eigenvalue weighted by molar-refractivity contribution is -0.114. The number of amides is 1. The summed E-state index contributed by atoms with van der Waals surface area (Å²) in [6, 6.07) is 9.28. The predicted octanol–water partition coefficient (Wildman–Crippen LogP) is 5.61. The molecule has 2 aromatic carbocycles. The number of carbonyl (C=O) groups excluding carboxylic acids is 1. The van der Waals surface area contributed by atoms with Gasteiger partial charge in [-0.2, -0.15) is 0 Å². The Morgan fingerprint density at radius 2 is 2.03 bits per heavy atom. The molecule has 34 heavy (non-hydrogen) atoms. The van der Waals surface area contributed by atoms with Crippen LogP contribution >= 0.6 is 22.9 Å². The molecule has 0 fully saturated rings. The number of thiazole rings is 1. The van der Waals surface area contributed by atoms with Crippen LogP contribution < -0.4 is 14.4 Å². The molecule has 7 nitrogen and oxygen atoms in total. The third kappa shape index (κ3) is 5.40. The summed E-state index contributed by atoms with van der Waals surface area (Å²) in [5, 5.41) is 1.31. The first-order chi connectivity index (χ1) is 16.5. The first-order valence-corrected chi connectivity index (χ1v) is 11.9. The summed E-state index contributed by atoms with van der Waals surface area (Å²) in [5.41, 5.74) is 2.67. The summed E-state index contributed by atoms with van der Waals surface area (Å²) < 4.78 is 13.6. The second kappa shape index (κ2) is 10.7. The van der Waals surface area contributed by atoms with Crippen molar-refractivity contribution in [2.45, 2.75) is 19.9 Å². The Morgan fingerprint density at radius 3 is 2.76 bits per heavy atom. The number of benzene rings is 2. The van der Waals surface area contributed by atoms with Crippen LogP contribution in [0.4, 0.5) is 5.13 Å². The molecule has 0 saturated heterocycles. The first-order valence-electron chi connectivity index (χ1n) is 10.7. The monoisotopic (exact) mass is 496 g/mol. The number of carbonyl (C=O) groups is 1. The number of fused-ring (bicyclic) bond motifs is 1. The average Bonchev–Trinajstić information content (AvgIpc) is 3.50. The molecule has 4 aromatic rings. The quantitative estimate of drug-likeness (QED) is 0.282. The van der Waals surface area contributed by atoms with Crippen molar-refractivity contribution < 1.29 is 14.3 Å². The van der Waals surface area contributed by atoms with Gasteiger partial charge in [0.1, 0.15) is 0 Å². The van der Waals surface area contributed by atoms with Crippen LogP contribution in [0.15, 0.2) is 55.1 Å². The van der Waals surface area contributed by atoms with Gasteiger partial charge in [-0.05, 0) is 54.8 Å². The SMILES string of the molecule is COc1ccc(/C=C/C(=O)N(CCCn2ccnc2)c2nc3c(C)cc(Cl)cc3s2)cc1OC. The number of hydrogen-bond acceptors (Lipinski definition) is 6. The van der Waals surface area contributed by atoms with E-state index in [2.05, 4.69) is 4.98 Å². The molecule has 0 atom stereocenters. The summed E-state index contributed by atoms with van der Waals surface area (Å²) in [5.74, 6) is 1.09. The summed E-state index contributed by atoms with van der Waals surface area (Å²) in [6.45, 7) is 3.23. The number of aryl methyl sites for hydroxylation is 2. The summed E-state index contributed by atoms with van der Waals surface area (Å²) >= 11 is 7.70. The lowest BCUT2D eigenvalue weighted by Crippen LogP contribution is -2.30. The standard InChI is InChI=1S/C25H25ClN4O3S/c1-17-13-19(26)15-22-24(17)28-25(34-22)30(11-4-10-29-12-9-27-16-29)23(31)8-6-18-5-7-20(32-2)21(14-18)33-3/h5-9,12-16H,4,10-11H2,1-3H3/b8-6+. The Balaban J connectivity index is 1.60. The van der Waals surface area contributed by atoms with Crippen LogP contribution in [0.1, 0.15) is 17.5 Å². The zero-order valence-electron chi connectivity index (χ0n) is 19.2. The van der Waals surface area contributed by atoms with Crippen LogP contribution in [0.5, 0.6) is 11.5 Å². The van der Waals surface area contributed by atoms with Crippen LogP contribution in [0.25, 0.3) is 16.3 Å². The topological polar surface area (TPSA) is 69.5 Å². The molecule has 0 unspecified atom stereocenters. The molecule has 0 radical (unpaired) electrons. The van der Waals surface area contributed by atoms with Crippen molar-refractivity contribution in [3.63, 3.8) is 0 Å². The highest BCUT2D eigenvalue weighted by Crippen LogP contribution is 2.33. The highest BCUT2D eigenvalue weighted by molar-refractivity contribution is 7.22. The van der Waals surface area contributed by atoms with Gasteiger partial charge in [0, 0.05) is 36.6 Å². The van der Waals surface area contributed by atoms with Gasteiger partial charge in [-0.15, -0.1) is 0 Å². The van der Waals surface area contributed by atoms with Gasteiger partial charge in [-0.3, -0.25) is 9.69 Å². The van der Waals surface area contributed by atoms with Gasteiger partial charge in [0.15, 0.2) is 16.6 Å². The summed E-state index contributed by atoms with van der Waals surface area (Å²) in [4.78, 5) is 23.9. The molecule has 1 amide bonds. The number of anilines is 1. The normalized spacial score (nSPS) is 11.3. The summed E-state index contributed by atoms with van der Waals surface area (Å²) in [7, 11) is 3.17. The van der Waals surface area contributed by atoms with E-state index in [0.29, 0.717) is 28.2 Å². The lowest BCUT2D eigenvalue weighted by atomic mass is 10.2. The van der Waals surface area contributed by atoms with E-state index in [-0.39, 0.29) is 5.91 Å². The average molecular weight is 497 g/mol. The third-order valence-electron chi connectivity index (χ3n) is 5.32. The molecule has 0 bridgehead atoms. The lowest BCUT2D eigenvalue weighted by Gasteiger charge is -2.18. The van der Waals surface area contributed by atoms with E-state index < -0.39 is 0 Å². The molecule has 0 saturated carbocycles. The van der Waals surface area contributed by atoms with Crippen LogP contribution in [0, 0.1) is 6.92 Å². The van der Waals surface area contributed by atoms with Gasteiger partial charge in [0.05, 0.1) is 30.8 Å². The maximum absolute atomic E-state index is 13.3.